The molecule has 0 saturated carbocycles. The fourth-order valence-electron chi connectivity index (χ4n) is 10.4. The van der Waals surface area contributed by atoms with Gasteiger partial charge >= 0.3 is 0 Å². The summed E-state index contributed by atoms with van der Waals surface area (Å²) in [5, 5.41) is 21.1. The van der Waals surface area contributed by atoms with E-state index in [2.05, 4.69) is 357 Å². The van der Waals surface area contributed by atoms with Crippen LogP contribution in [0.5, 0.6) is 0 Å². The van der Waals surface area contributed by atoms with Gasteiger partial charge in [0.2, 0.25) is 0 Å². The Labute approximate surface area is 570 Å². The Morgan fingerprint density at radius 3 is 1.07 bits per heavy atom. The van der Waals surface area contributed by atoms with Crippen LogP contribution in [-0.2, 0) is 0 Å². The fraction of sp³-hybridized carbons (Fsp3) is 0.116. The lowest BCUT2D eigenvalue weighted by Crippen LogP contribution is -1.86. The molecule has 0 atom stereocenters. The van der Waals surface area contributed by atoms with Gasteiger partial charge in [-0.1, -0.05) is 223 Å². The zero-order valence-electron chi connectivity index (χ0n) is 54.3. The van der Waals surface area contributed by atoms with Crippen molar-refractivity contribution in [3.05, 3.63) is 351 Å². The molecule has 0 aliphatic heterocycles. The third-order valence-electron chi connectivity index (χ3n) is 14.9. The maximum absolute atomic E-state index is 2.28. The molecule has 0 amide bonds. The molecule has 0 bridgehead atoms. The lowest BCUT2D eigenvalue weighted by molar-refractivity contribution is 1.47. The van der Waals surface area contributed by atoms with Gasteiger partial charge in [-0.05, 0) is 250 Å². The fourth-order valence-corrected chi connectivity index (χ4v) is 14.7. The molecule has 16 aromatic rings. The molecule has 0 radical (unpaired) electrons. The molecule has 6 aromatic heterocycles. The van der Waals surface area contributed by atoms with Crippen molar-refractivity contribution in [1.82, 2.24) is 0 Å². The molecular weight excluding hydrogens is 1230 g/mol. The third-order valence-corrected chi connectivity index (χ3v) is 20.3. The van der Waals surface area contributed by atoms with Gasteiger partial charge in [-0.2, -0.15) is 11.3 Å². The highest BCUT2D eigenvalue weighted by atomic mass is 32.1. The van der Waals surface area contributed by atoms with Gasteiger partial charge in [-0.25, -0.2) is 0 Å². The first-order valence-electron chi connectivity index (χ1n) is 31.0. The first-order valence-corrected chi connectivity index (χ1v) is 36.2. The summed E-state index contributed by atoms with van der Waals surface area (Å²) in [5.41, 5.74) is 14.5. The second kappa shape index (κ2) is 34.7. The van der Waals surface area contributed by atoms with Crippen LogP contribution in [0.3, 0.4) is 0 Å². The standard InChI is InChI=1S/2C21H16.2C11H10S.2C6H8S.2C5H6S/c1-15-7-6-10-18(13-15)21-19-11-4-2-8-16(19)14-17-9-3-5-12-20(17)21;1-15-10-12-16(13-11-15)21-19-8-4-2-6-17(19)14-18-7-3-5-9-20(18)21;1-9-7-11(8-12-9)10-5-3-2-4-6-10;1-9-7-8-11(12-9)10-5-3-2-4-6-10;1-5-3-6(2)7-4-5;1-5-3-4-6(2)7-5;1-5-2-3-6-4-5;1-5-3-2-4-6-5/h2*2-14H,1H3;2*2-8H,1H3;2*3-4H,1-2H3;2*2-4H,1H3. The molecule has 10 aromatic carbocycles. The summed E-state index contributed by atoms with van der Waals surface area (Å²) in [5.74, 6) is 0. The zero-order valence-corrected chi connectivity index (χ0v) is 59.2. The van der Waals surface area contributed by atoms with Crippen LogP contribution in [0.25, 0.3) is 86.9 Å². The molecule has 16 rings (SSSR count). The van der Waals surface area contributed by atoms with Crippen molar-refractivity contribution in [3.8, 4) is 43.8 Å². The molecule has 6 heteroatoms. The Balaban J connectivity index is 0.000000131. The molecule has 92 heavy (non-hydrogen) atoms. The maximum Gasteiger partial charge on any atom is 0.0345 e. The first-order chi connectivity index (χ1) is 44.7. The van der Waals surface area contributed by atoms with Gasteiger partial charge in [-0.3, -0.25) is 0 Å². The molecule has 0 aliphatic carbocycles. The number of thiophene rings is 6. The summed E-state index contributed by atoms with van der Waals surface area (Å²) >= 11 is 10.8. The molecule has 0 fully saturated rings. The van der Waals surface area contributed by atoms with E-state index in [-0.39, 0.29) is 0 Å². The summed E-state index contributed by atoms with van der Waals surface area (Å²) in [4.78, 5) is 9.68. The largest absolute Gasteiger partial charge is 0.152 e. The Hall–Kier alpha value is -8.56. The molecule has 0 aliphatic rings. The van der Waals surface area contributed by atoms with E-state index in [1.807, 2.05) is 34.8 Å². The minimum absolute atomic E-state index is 1.29. The van der Waals surface area contributed by atoms with Gasteiger partial charge in [0.25, 0.3) is 0 Å². The number of rotatable bonds is 4. The minimum Gasteiger partial charge on any atom is -0.152 e. The predicted molar refractivity (Wildman–Crippen MR) is 418 cm³/mol. The molecule has 0 spiro atoms. The Bertz CT molecular complexity index is 4500. The van der Waals surface area contributed by atoms with Crippen LogP contribution in [0, 0.1) is 69.2 Å². The average Bonchev–Trinajstić information content (AvgIpc) is 1.71. The third kappa shape index (κ3) is 20.2. The lowest BCUT2D eigenvalue weighted by atomic mass is 9.91. The highest BCUT2D eigenvalue weighted by molar-refractivity contribution is 7.15. The summed E-state index contributed by atoms with van der Waals surface area (Å²) in [6, 6.07) is 97.0. The Kier molecular flexibility index (Phi) is 25.6. The second-order valence-electron chi connectivity index (χ2n) is 22.6. The van der Waals surface area contributed by atoms with E-state index >= 15 is 0 Å². The molecule has 0 saturated heterocycles. The van der Waals surface area contributed by atoms with Crippen molar-refractivity contribution in [3.63, 3.8) is 0 Å². The monoisotopic (exact) mass is 1300 g/mol. The van der Waals surface area contributed by atoms with Crippen molar-refractivity contribution in [2.75, 3.05) is 0 Å². The number of hydrogen-bond acceptors (Lipinski definition) is 6. The van der Waals surface area contributed by atoms with E-state index in [1.165, 1.54) is 138 Å². The van der Waals surface area contributed by atoms with Crippen molar-refractivity contribution in [2.24, 2.45) is 0 Å². The lowest BCUT2D eigenvalue weighted by Gasteiger charge is -2.12. The minimum atomic E-state index is 1.29. The maximum atomic E-state index is 2.28. The number of fused-ring (bicyclic) bond motifs is 4. The van der Waals surface area contributed by atoms with E-state index in [4.69, 9.17) is 0 Å². The molecule has 0 nitrogen and oxygen atoms in total. The Morgan fingerprint density at radius 1 is 0.217 bits per heavy atom. The van der Waals surface area contributed by atoms with E-state index in [9.17, 15) is 0 Å². The summed E-state index contributed by atoms with van der Waals surface area (Å²) in [6.07, 6.45) is 0. The van der Waals surface area contributed by atoms with Crippen LogP contribution in [0.4, 0.5) is 0 Å². The van der Waals surface area contributed by atoms with E-state index < -0.39 is 0 Å². The first kappa shape index (κ1) is 67.8. The van der Waals surface area contributed by atoms with Crippen LogP contribution in [0.15, 0.2) is 300 Å². The zero-order chi connectivity index (χ0) is 64.6. The Morgan fingerprint density at radius 2 is 0.696 bits per heavy atom. The highest BCUT2D eigenvalue weighted by Gasteiger charge is 2.11. The molecule has 0 N–H and O–H groups in total. The molecule has 0 unspecified atom stereocenters. The van der Waals surface area contributed by atoms with Gasteiger partial charge in [0, 0.05) is 34.1 Å². The van der Waals surface area contributed by atoms with Crippen molar-refractivity contribution in [1.29, 1.82) is 0 Å². The van der Waals surface area contributed by atoms with Crippen LogP contribution in [0.1, 0.15) is 51.5 Å². The SMILES string of the molecule is Cc1cc(-c2ccccc2)cs1.Cc1ccc(-c2c3ccccc3cc3ccccc23)cc1.Cc1ccc(-c2ccccc2)s1.Cc1ccc(C)s1.Cc1cccc(-c2c3ccccc3cc3ccccc23)c1.Cc1cccs1.Cc1ccsc1.Cc1csc(C)c1. The normalized spacial score (nSPS) is 10.3. The van der Waals surface area contributed by atoms with Crippen LogP contribution < -0.4 is 0 Å². The number of benzene rings is 10. The van der Waals surface area contributed by atoms with Crippen molar-refractivity contribution >= 4 is 111 Å². The van der Waals surface area contributed by atoms with Crippen LogP contribution in [0.2, 0.25) is 0 Å². The summed E-state index contributed by atoms with van der Waals surface area (Å²) in [6.45, 7) is 21.2. The smallest absolute Gasteiger partial charge is 0.0345 e. The van der Waals surface area contributed by atoms with Crippen molar-refractivity contribution < 1.29 is 0 Å². The van der Waals surface area contributed by atoms with Gasteiger partial charge in [-0.15, -0.1) is 56.7 Å². The molecular formula is C86H80S6. The number of aryl methyl sites for hydroxylation is 10. The topological polar surface area (TPSA) is 0 Å². The van der Waals surface area contributed by atoms with Crippen LogP contribution in [-0.4, -0.2) is 0 Å². The second-order valence-corrected chi connectivity index (χ2v) is 29.6. The molecule has 460 valence electrons. The molecule has 6 heterocycles. The number of hydrogen-bond donors (Lipinski definition) is 0. The van der Waals surface area contributed by atoms with Gasteiger partial charge < -0.3 is 0 Å². The van der Waals surface area contributed by atoms with Gasteiger partial charge in [0.15, 0.2) is 0 Å². The summed E-state index contributed by atoms with van der Waals surface area (Å²) in [7, 11) is 0. The van der Waals surface area contributed by atoms with E-state index in [0.29, 0.717) is 0 Å². The predicted octanol–water partition coefficient (Wildman–Crippen LogP) is 28.2. The van der Waals surface area contributed by atoms with E-state index in [1.54, 1.807) is 45.3 Å². The van der Waals surface area contributed by atoms with Crippen molar-refractivity contribution in [2.45, 2.75) is 69.2 Å². The van der Waals surface area contributed by atoms with E-state index in [0.717, 1.165) is 0 Å². The summed E-state index contributed by atoms with van der Waals surface area (Å²) < 4.78 is 0. The quantitative estimate of drug-likeness (QED) is 0.154. The van der Waals surface area contributed by atoms with Crippen LogP contribution >= 0.6 is 68.0 Å². The average molecular weight is 1310 g/mol. The van der Waals surface area contributed by atoms with Gasteiger partial charge in [0.05, 0.1) is 0 Å². The highest BCUT2D eigenvalue weighted by Crippen LogP contribution is 2.38. The van der Waals surface area contributed by atoms with Gasteiger partial charge in [0.1, 0.15) is 0 Å².